The smallest absolute Gasteiger partial charge is 0.267 e. The van der Waals surface area contributed by atoms with Crippen LogP contribution in [0.25, 0.3) is 16.9 Å². The van der Waals surface area contributed by atoms with Crippen LogP contribution in [0.1, 0.15) is 33.9 Å². The maximum atomic E-state index is 13.8. The molecule has 0 saturated carbocycles. The van der Waals surface area contributed by atoms with E-state index in [9.17, 15) is 4.79 Å². The summed E-state index contributed by atoms with van der Waals surface area (Å²) in [6, 6.07) is 37.3. The van der Waals surface area contributed by atoms with Crippen LogP contribution in [0.2, 0.25) is 0 Å². The van der Waals surface area contributed by atoms with Gasteiger partial charge in [0.1, 0.15) is 0 Å². The van der Waals surface area contributed by atoms with Crippen LogP contribution in [-0.4, -0.2) is 26.4 Å². The predicted octanol–water partition coefficient (Wildman–Crippen LogP) is 7.29. The first kappa shape index (κ1) is 23.1. The fourth-order valence-corrected chi connectivity index (χ4v) is 4.90. The minimum atomic E-state index is -0.306. The zero-order valence-electron chi connectivity index (χ0n) is 19.9. The van der Waals surface area contributed by atoms with Gasteiger partial charge in [-0.1, -0.05) is 94.8 Å². The average molecular weight is 547 g/mol. The minimum Gasteiger partial charge on any atom is -0.267 e. The maximum Gasteiger partial charge on any atom is 0.274 e. The van der Waals surface area contributed by atoms with Crippen molar-refractivity contribution in [1.29, 1.82) is 0 Å². The van der Waals surface area contributed by atoms with Gasteiger partial charge in [0.05, 0.1) is 23.1 Å². The average Bonchev–Trinajstić information content (AvgIpc) is 3.60. The Morgan fingerprint density at radius 3 is 2.00 bits per heavy atom. The Bertz CT molecular complexity index is 1560. The number of benzene rings is 4. The van der Waals surface area contributed by atoms with Crippen LogP contribution < -0.4 is 0 Å². The number of hydrogen-bond donors (Lipinski definition) is 0. The molecule has 6 heteroatoms. The lowest BCUT2D eigenvalue weighted by Gasteiger charge is -2.22. The first-order chi connectivity index (χ1) is 18.2. The molecule has 6 rings (SSSR count). The maximum absolute atomic E-state index is 13.8. The van der Waals surface area contributed by atoms with Gasteiger partial charge in [-0.3, -0.25) is 4.79 Å². The molecule has 0 aliphatic carbocycles. The molecule has 2 heterocycles. The van der Waals surface area contributed by atoms with Gasteiger partial charge in [0.25, 0.3) is 5.91 Å². The third-order valence-electron chi connectivity index (χ3n) is 6.49. The molecule has 0 radical (unpaired) electrons. The highest BCUT2D eigenvalue weighted by molar-refractivity contribution is 9.10. The van der Waals surface area contributed by atoms with Crippen molar-refractivity contribution < 1.29 is 4.79 Å². The van der Waals surface area contributed by atoms with Gasteiger partial charge in [-0.2, -0.15) is 10.2 Å². The van der Waals surface area contributed by atoms with Gasteiger partial charge >= 0.3 is 0 Å². The summed E-state index contributed by atoms with van der Waals surface area (Å²) in [7, 11) is 0. The lowest BCUT2D eigenvalue weighted by Crippen LogP contribution is -2.27. The number of rotatable bonds is 5. The molecule has 0 saturated heterocycles. The first-order valence-corrected chi connectivity index (χ1v) is 12.9. The number of para-hydroxylation sites is 1. The van der Waals surface area contributed by atoms with Crippen molar-refractivity contribution in [3.8, 4) is 16.9 Å². The number of amides is 1. The Balaban J connectivity index is 1.48. The van der Waals surface area contributed by atoms with E-state index in [2.05, 4.69) is 28.1 Å². The van der Waals surface area contributed by atoms with Gasteiger partial charge in [-0.25, -0.2) is 9.69 Å². The molecule has 0 N–H and O–H groups in total. The summed E-state index contributed by atoms with van der Waals surface area (Å²) in [6.07, 6.45) is 2.63. The highest BCUT2D eigenvalue weighted by Gasteiger charge is 2.36. The zero-order valence-corrected chi connectivity index (χ0v) is 21.5. The van der Waals surface area contributed by atoms with E-state index in [4.69, 9.17) is 10.2 Å². The second-order valence-corrected chi connectivity index (χ2v) is 9.78. The molecule has 37 heavy (non-hydrogen) atoms. The Kier molecular flexibility index (Phi) is 6.25. The van der Waals surface area contributed by atoms with E-state index in [1.54, 1.807) is 5.01 Å². The molecule has 0 fully saturated rings. The molecule has 5 nitrogen and oxygen atoms in total. The fraction of sp³-hybridized carbons (Fsp3) is 0.0645. The van der Waals surface area contributed by atoms with Crippen LogP contribution in [0.15, 0.2) is 131 Å². The van der Waals surface area contributed by atoms with Crippen molar-refractivity contribution in [2.45, 2.75) is 12.5 Å². The highest BCUT2D eigenvalue weighted by Crippen LogP contribution is 2.39. The molecule has 1 aliphatic rings. The third-order valence-corrected chi connectivity index (χ3v) is 7.01. The fourth-order valence-electron chi connectivity index (χ4n) is 4.63. The minimum absolute atomic E-state index is 0.144. The summed E-state index contributed by atoms with van der Waals surface area (Å²) < 4.78 is 2.81. The molecule has 5 aromatic rings. The summed E-state index contributed by atoms with van der Waals surface area (Å²) in [5, 5.41) is 11.5. The standard InChI is InChI=1S/C31H23BrN4O/c32-25-18-16-24(17-19-25)31(37)36-29(20-28(33-36)22-10-4-1-5-11-22)27-21-35(26-14-8-3-9-15-26)34-30(27)23-12-6-2-7-13-23/h1-19,21,29H,20H2. The van der Waals surface area contributed by atoms with E-state index in [1.165, 1.54) is 0 Å². The van der Waals surface area contributed by atoms with Crippen LogP contribution in [0.3, 0.4) is 0 Å². The Hall–Kier alpha value is -4.29. The van der Waals surface area contributed by atoms with Gasteiger partial charge in [0, 0.05) is 33.8 Å². The van der Waals surface area contributed by atoms with Crippen molar-refractivity contribution in [3.63, 3.8) is 0 Å². The van der Waals surface area contributed by atoms with E-state index in [0.717, 1.165) is 38.3 Å². The summed E-state index contributed by atoms with van der Waals surface area (Å²) in [5.74, 6) is -0.144. The van der Waals surface area contributed by atoms with Gasteiger partial charge in [0.15, 0.2) is 0 Å². The van der Waals surface area contributed by atoms with Crippen LogP contribution in [-0.2, 0) is 0 Å². The molecule has 0 bridgehead atoms. The van der Waals surface area contributed by atoms with E-state index in [1.807, 2.05) is 114 Å². The summed E-state index contributed by atoms with van der Waals surface area (Å²) in [5.41, 5.74) is 6.22. The molecule has 1 amide bonds. The van der Waals surface area contributed by atoms with Gasteiger partial charge in [-0.15, -0.1) is 0 Å². The lowest BCUT2D eigenvalue weighted by molar-refractivity contribution is 0.0711. The van der Waals surface area contributed by atoms with Gasteiger partial charge < -0.3 is 0 Å². The number of nitrogens with zero attached hydrogens (tertiary/aromatic N) is 4. The van der Waals surface area contributed by atoms with Gasteiger partial charge in [-0.05, 0) is 42.0 Å². The summed E-state index contributed by atoms with van der Waals surface area (Å²) in [4.78, 5) is 13.8. The number of carbonyl (C=O) groups excluding carboxylic acids is 1. The molecule has 4 aromatic carbocycles. The lowest BCUT2D eigenvalue weighted by atomic mass is 9.96. The number of hydrazone groups is 1. The van der Waals surface area contributed by atoms with Crippen LogP contribution in [0.5, 0.6) is 0 Å². The Labute approximate surface area is 223 Å². The molecular formula is C31H23BrN4O. The van der Waals surface area contributed by atoms with E-state index in [0.29, 0.717) is 12.0 Å². The topological polar surface area (TPSA) is 50.5 Å². The third kappa shape index (κ3) is 4.63. The SMILES string of the molecule is O=C(c1ccc(Br)cc1)N1N=C(c2ccccc2)CC1c1cn(-c2ccccc2)nc1-c1ccccc1. The second kappa shape index (κ2) is 9.99. The molecule has 1 aromatic heterocycles. The summed E-state index contributed by atoms with van der Waals surface area (Å²) in [6.45, 7) is 0. The number of aromatic nitrogens is 2. The van der Waals surface area contributed by atoms with Crippen molar-refractivity contribution in [2.75, 3.05) is 0 Å². The van der Waals surface area contributed by atoms with Crippen molar-refractivity contribution in [1.82, 2.24) is 14.8 Å². The van der Waals surface area contributed by atoms with Crippen LogP contribution in [0, 0.1) is 0 Å². The first-order valence-electron chi connectivity index (χ1n) is 12.1. The Morgan fingerprint density at radius 2 is 1.35 bits per heavy atom. The van der Waals surface area contributed by atoms with Gasteiger partial charge in [0.2, 0.25) is 0 Å². The van der Waals surface area contributed by atoms with E-state index >= 15 is 0 Å². The van der Waals surface area contributed by atoms with E-state index in [-0.39, 0.29) is 11.9 Å². The monoisotopic (exact) mass is 546 g/mol. The van der Waals surface area contributed by atoms with E-state index < -0.39 is 0 Å². The van der Waals surface area contributed by atoms with Crippen molar-refractivity contribution in [2.24, 2.45) is 5.10 Å². The number of hydrogen-bond acceptors (Lipinski definition) is 3. The molecule has 1 aliphatic heterocycles. The molecule has 1 unspecified atom stereocenters. The molecular weight excluding hydrogens is 524 g/mol. The number of halogens is 1. The zero-order chi connectivity index (χ0) is 25.2. The Morgan fingerprint density at radius 1 is 0.757 bits per heavy atom. The highest BCUT2D eigenvalue weighted by atomic mass is 79.9. The number of carbonyl (C=O) groups is 1. The second-order valence-electron chi connectivity index (χ2n) is 8.87. The van der Waals surface area contributed by atoms with Crippen LogP contribution >= 0.6 is 15.9 Å². The largest absolute Gasteiger partial charge is 0.274 e. The summed E-state index contributed by atoms with van der Waals surface area (Å²) >= 11 is 3.46. The van der Waals surface area contributed by atoms with Crippen LogP contribution in [0.4, 0.5) is 0 Å². The molecule has 1 atom stereocenters. The van der Waals surface area contributed by atoms with Crippen molar-refractivity contribution >= 4 is 27.5 Å². The molecule has 0 spiro atoms. The quantitative estimate of drug-likeness (QED) is 0.232. The molecule has 180 valence electrons. The normalized spacial score (nSPS) is 15.0. The predicted molar refractivity (Wildman–Crippen MR) is 150 cm³/mol. The van der Waals surface area contributed by atoms with Crippen molar-refractivity contribution in [3.05, 3.63) is 143 Å².